The number of amides is 2. The highest BCUT2D eigenvalue weighted by Crippen LogP contribution is 2.22. The Kier molecular flexibility index (Phi) is 9.67. The lowest BCUT2D eigenvalue weighted by atomic mass is 10.1. The summed E-state index contributed by atoms with van der Waals surface area (Å²) in [5.74, 6) is -2.88. The second kappa shape index (κ2) is 11.5. The SMILES string of the molecule is CNP(O)OCCNC(=O)CCC(NC(=O)c1ccc(F)cc1)C(=O)O. The van der Waals surface area contributed by atoms with Crippen molar-refractivity contribution in [3.63, 3.8) is 0 Å². The molecule has 0 aliphatic heterocycles. The molecular weight excluding hydrogens is 368 g/mol. The number of hydrogen-bond acceptors (Lipinski definition) is 6. The summed E-state index contributed by atoms with van der Waals surface area (Å²) in [6.45, 7) is 0.248. The van der Waals surface area contributed by atoms with Gasteiger partial charge in [-0.3, -0.25) is 14.7 Å². The van der Waals surface area contributed by atoms with Gasteiger partial charge in [0.05, 0.1) is 6.61 Å². The second-order valence-electron chi connectivity index (χ2n) is 5.09. The Labute approximate surface area is 150 Å². The van der Waals surface area contributed by atoms with Crippen LogP contribution in [0, 0.1) is 5.82 Å². The summed E-state index contributed by atoms with van der Waals surface area (Å²) < 4.78 is 17.8. The van der Waals surface area contributed by atoms with Crippen molar-refractivity contribution >= 4 is 26.3 Å². The van der Waals surface area contributed by atoms with Crippen LogP contribution in [0.3, 0.4) is 0 Å². The molecule has 0 aliphatic carbocycles. The Balaban J connectivity index is 2.40. The van der Waals surface area contributed by atoms with E-state index in [2.05, 4.69) is 15.7 Å². The molecule has 0 bridgehead atoms. The molecule has 26 heavy (non-hydrogen) atoms. The van der Waals surface area contributed by atoms with Crippen LogP contribution in [0.5, 0.6) is 0 Å². The number of hydrogen-bond donors (Lipinski definition) is 5. The second-order valence-corrected chi connectivity index (χ2v) is 6.34. The first-order valence-electron chi connectivity index (χ1n) is 7.68. The van der Waals surface area contributed by atoms with Crippen LogP contribution in [-0.2, 0) is 14.1 Å². The van der Waals surface area contributed by atoms with Crippen molar-refractivity contribution in [1.29, 1.82) is 0 Å². The molecule has 0 heterocycles. The van der Waals surface area contributed by atoms with E-state index < -0.39 is 38.2 Å². The topological polar surface area (TPSA) is 137 Å². The minimum Gasteiger partial charge on any atom is -0.480 e. The lowest BCUT2D eigenvalue weighted by Crippen LogP contribution is -2.41. The van der Waals surface area contributed by atoms with Gasteiger partial charge in [0.2, 0.25) is 5.91 Å². The maximum absolute atomic E-state index is 12.8. The first-order valence-corrected chi connectivity index (χ1v) is 8.90. The molecule has 144 valence electrons. The molecule has 0 aromatic heterocycles. The average Bonchev–Trinajstić information content (AvgIpc) is 2.62. The minimum atomic E-state index is -1.72. The van der Waals surface area contributed by atoms with Gasteiger partial charge in [-0.15, -0.1) is 0 Å². The summed E-state index contributed by atoms with van der Waals surface area (Å²) in [5.41, 5.74) is 0.115. The van der Waals surface area contributed by atoms with E-state index in [9.17, 15) is 18.8 Å². The van der Waals surface area contributed by atoms with Crippen molar-refractivity contribution < 1.29 is 33.3 Å². The number of carbonyl (C=O) groups excluding carboxylic acids is 2. The zero-order valence-electron chi connectivity index (χ0n) is 14.1. The number of carbonyl (C=O) groups is 3. The highest BCUT2D eigenvalue weighted by atomic mass is 31.2. The Hall–Kier alpha value is -2.13. The Morgan fingerprint density at radius 3 is 2.50 bits per heavy atom. The van der Waals surface area contributed by atoms with Crippen LogP contribution >= 0.6 is 8.53 Å². The number of benzene rings is 1. The van der Waals surface area contributed by atoms with Gasteiger partial charge >= 0.3 is 5.97 Å². The Morgan fingerprint density at radius 1 is 1.27 bits per heavy atom. The van der Waals surface area contributed by atoms with Crippen molar-refractivity contribution in [3.05, 3.63) is 35.6 Å². The maximum atomic E-state index is 12.8. The van der Waals surface area contributed by atoms with Crippen molar-refractivity contribution in [2.45, 2.75) is 18.9 Å². The van der Waals surface area contributed by atoms with E-state index in [0.29, 0.717) is 0 Å². The van der Waals surface area contributed by atoms with Gasteiger partial charge < -0.3 is 25.2 Å². The predicted octanol–water partition coefficient (Wildman–Crippen LogP) is 0.360. The normalized spacial score (nSPS) is 12.9. The summed E-state index contributed by atoms with van der Waals surface area (Å²) >= 11 is 0. The molecule has 11 heteroatoms. The molecule has 2 atom stereocenters. The van der Waals surface area contributed by atoms with Gasteiger partial charge in [-0.2, -0.15) is 0 Å². The Bertz CT molecular complexity index is 616. The number of halogens is 1. The van der Waals surface area contributed by atoms with E-state index in [1.54, 1.807) is 0 Å². The molecule has 0 spiro atoms. The zero-order valence-corrected chi connectivity index (χ0v) is 15.0. The van der Waals surface area contributed by atoms with Crippen LogP contribution in [0.25, 0.3) is 0 Å². The third-order valence-electron chi connectivity index (χ3n) is 3.20. The average molecular weight is 389 g/mol. The predicted molar refractivity (Wildman–Crippen MR) is 91.7 cm³/mol. The first-order chi connectivity index (χ1) is 12.3. The number of carboxylic acid groups (broad SMARTS) is 1. The van der Waals surface area contributed by atoms with Gasteiger partial charge in [0.25, 0.3) is 14.4 Å². The zero-order chi connectivity index (χ0) is 19.5. The minimum absolute atomic E-state index is 0.0957. The summed E-state index contributed by atoms with van der Waals surface area (Å²) in [6.07, 6.45) is -0.237. The van der Waals surface area contributed by atoms with E-state index in [1.165, 1.54) is 19.2 Å². The van der Waals surface area contributed by atoms with Crippen LogP contribution in [0.15, 0.2) is 24.3 Å². The lowest BCUT2D eigenvalue weighted by Gasteiger charge is -2.14. The number of carboxylic acids is 1. The standard InChI is InChI=1S/C15H21FN3O6P/c1-17-26(24)25-9-8-18-13(20)7-6-12(15(22)23)19-14(21)10-2-4-11(16)5-3-10/h2-5,12,17,24H,6-9H2,1H3,(H,18,20)(H,19,21)(H,22,23). The van der Waals surface area contributed by atoms with E-state index in [-0.39, 0.29) is 31.6 Å². The summed E-state index contributed by atoms with van der Waals surface area (Å²) in [5, 5.41) is 16.5. The molecule has 5 N–H and O–H groups in total. The molecule has 0 aliphatic rings. The van der Waals surface area contributed by atoms with Crippen LogP contribution in [-0.4, -0.2) is 54.0 Å². The fraction of sp³-hybridized carbons (Fsp3) is 0.400. The molecule has 0 fully saturated rings. The molecule has 2 unspecified atom stereocenters. The lowest BCUT2D eigenvalue weighted by molar-refractivity contribution is -0.139. The molecule has 0 saturated carbocycles. The first kappa shape index (κ1) is 21.9. The van der Waals surface area contributed by atoms with Crippen molar-refractivity contribution in [2.75, 3.05) is 20.2 Å². The highest BCUT2D eigenvalue weighted by molar-refractivity contribution is 7.43. The van der Waals surface area contributed by atoms with Gasteiger partial charge in [-0.05, 0) is 37.7 Å². The molecule has 0 radical (unpaired) electrons. The fourth-order valence-electron chi connectivity index (χ4n) is 1.85. The smallest absolute Gasteiger partial charge is 0.326 e. The quantitative estimate of drug-likeness (QED) is 0.272. The molecular formula is C15H21FN3O6P. The van der Waals surface area contributed by atoms with Gasteiger partial charge in [0.15, 0.2) is 0 Å². The monoisotopic (exact) mass is 389 g/mol. The largest absolute Gasteiger partial charge is 0.480 e. The fourth-order valence-corrected chi connectivity index (χ4v) is 2.24. The van der Waals surface area contributed by atoms with Crippen molar-refractivity contribution in [3.8, 4) is 0 Å². The van der Waals surface area contributed by atoms with Crippen molar-refractivity contribution in [1.82, 2.24) is 15.7 Å². The molecule has 2 amide bonds. The van der Waals surface area contributed by atoms with E-state index in [0.717, 1.165) is 12.1 Å². The molecule has 9 nitrogen and oxygen atoms in total. The van der Waals surface area contributed by atoms with Crippen LogP contribution in [0.1, 0.15) is 23.2 Å². The maximum Gasteiger partial charge on any atom is 0.326 e. The van der Waals surface area contributed by atoms with Gasteiger partial charge in [0.1, 0.15) is 11.9 Å². The number of aliphatic carboxylic acids is 1. The van der Waals surface area contributed by atoms with Crippen LogP contribution < -0.4 is 15.7 Å². The van der Waals surface area contributed by atoms with Gasteiger partial charge in [-0.25, -0.2) is 9.18 Å². The highest BCUT2D eigenvalue weighted by Gasteiger charge is 2.21. The molecule has 1 aromatic carbocycles. The summed E-state index contributed by atoms with van der Waals surface area (Å²) in [7, 11) is -0.196. The van der Waals surface area contributed by atoms with Gasteiger partial charge in [0, 0.05) is 18.5 Å². The van der Waals surface area contributed by atoms with Crippen LogP contribution in [0.2, 0.25) is 0 Å². The molecule has 0 saturated heterocycles. The molecule has 1 aromatic rings. The molecule has 1 rings (SSSR count). The summed E-state index contributed by atoms with van der Waals surface area (Å²) in [6, 6.07) is 3.39. The van der Waals surface area contributed by atoms with Gasteiger partial charge in [-0.1, -0.05) is 0 Å². The van der Waals surface area contributed by atoms with Crippen molar-refractivity contribution in [2.24, 2.45) is 0 Å². The number of rotatable bonds is 11. The third kappa shape index (κ3) is 8.30. The van der Waals surface area contributed by atoms with Crippen LogP contribution in [0.4, 0.5) is 4.39 Å². The third-order valence-corrected chi connectivity index (χ3v) is 4.01. The Morgan fingerprint density at radius 2 is 1.92 bits per heavy atom. The van der Waals surface area contributed by atoms with E-state index in [1.807, 2.05) is 0 Å². The summed E-state index contributed by atoms with van der Waals surface area (Å²) in [4.78, 5) is 44.1. The van der Waals surface area contributed by atoms with E-state index in [4.69, 9.17) is 14.5 Å². The van der Waals surface area contributed by atoms with E-state index >= 15 is 0 Å². The number of nitrogens with one attached hydrogen (secondary N) is 3.